The highest BCUT2D eigenvalue weighted by Gasteiger charge is 2.27. The van der Waals surface area contributed by atoms with Gasteiger partial charge in [0.25, 0.3) is 0 Å². The maximum atomic E-state index is 11.6. The van der Waals surface area contributed by atoms with Crippen molar-refractivity contribution in [3.8, 4) is 11.5 Å². The molecule has 0 saturated heterocycles. The molecule has 1 rings (SSSR count). The molecule has 1 heterocycles. The smallest absolute Gasteiger partial charge is 0.316 e. The molecule has 0 radical (unpaired) electrons. The zero-order valence-electron chi connectivity index (χ0n) is 9.67. The molecule has 0 spiro atoms. The lowest BCUT2D eigenvalue weighted by Crippen LogP contribution is -2.25. The van der Waals surface area contributed by atoms with Crippen LogP contribution in [-0.2, 0) is 4.79 Å². The fraction of sp³-hybridized carbons (Fsp3) is 0.545. The Bertz CT molecular complexity index is 382. The van der Waals surface area contributed by atoms with Crippen molar-refractivity contribution in [1.82, 2.24) is 0 Å². The van der Waals surface area contributed by atoms with Crippen molar-refractivity contribution in [2.24, 2.45) is 5.41 Å². The fourth-order valence-electron chi connectivity index (χ4n) is 1.02. The van der Waals surface area contributed by atoms with Gasteiger partial charge in [-0.25, -0.2) is 0 Å². The predicted molar refractivity (Wildman–Crippen MR) is 54.9 cm³/mol. The Morgan fingerprint density at radius 1 is 1.27 bits per heavy atom. The van der Waals surface area contributed by atoms with Crippen molar-refractivity contribution in [2.45, 2.75) is 34.6 Å². The van der Waals surface area contributed by atoms with Gasteiger partial charge < -0.3 is 14.3 Å². The van der Waals surface area contributed by atoms with Crippen molar-refractivity contribution in [3.63, 3.8) is 0 Å². The molecule has 0 aliphatic carbocycles. The maximum Gasteiger partial charge on any atom is 0.316 e. The van der Waals surface area contributed by atoms with Crippen LogP contribution in [0.15, 0.2) is 4.42 Å². The highest BCUT2D eigenvalue weighted by molar-refractivity contribution is 5.78. The maximum absolute atomic E-state index is 11.6. The number of carbonyl (C=O) groups is 1. The summed E-state index contributed by atoms with van der Waals surface area (Å²) in [6.07, 6.45) is 0. The molecule has 0 saturated carbocycles. The van der Waals surface area contributed by atoms with Crippen LogP contribution in [0.4, 0.5) is 0 Å². The van der Waals surface area contributed by atoms with Gasteiger partial charge in [0.15, 0.2) is 0 Å². The van der Waals surface area contributed by atoms with Crippen LogP contribution in [0.3, 0.4) is 0 Å². The summed E-state index contributed by atoms with van der Waals surface area (Å²) in [4.78, 5) is 11.6. The van der Waals surface area contributed by atoms with E-state index in [9.17, 15) is 9.90 Å². The summed E-state index contributed by atoms with van der Waals surface area (Å²) >= 11 is 0. The molecule has 1 N–H and O–H groups in total. The SMILES string of the molecule is Cc1oc(C)c(OC(=O)C(C)(C)C)c1O. The first-order valence-electron chi connectivity index (χ1n) is 4.74. The minimum atomic E-state index is -0.607. The van der Waals surface area contributed by atoms with E-state index in [1.807, 2.05) is 0 Å². The Kier molecular flexibility index (Phi) is 2.79. The molecule has 0 unspecified atom stereocenters. The lowest BCUT2D eigenvalue weighted by atomic mass is 9.97. The summed E-state index contributed by atoms with van der Waals surface area (Å²) in [6.45, 7) is 8.48. The highest BCUT2D eigenvalue weighted by Crippen LogP contribution is 2.36. The second-order valence-corrected chi connectivity index (χ2v) is 4.53. The average molecular weight is 212 g/mol. The van der Waals surface area contributed by atoms with Crippen molar-refractivity contribution < 1.29 is 19.1 Å². The van der Waals surface area contributed by atoms with Crippen molar-refractivity contribution in [1.29, 1.82) is 0 Å². The molecule has 0 aliphatic heterocycles. The number of aromatic hydroxyl groups is 1. The normalized spacial score (nSPS) is 11.5. The van der Waals surface area contributed by atoms with Gasteiger partial charge in [0.2, 0.25) is 11.5 Å². The molecule has 0 aromatic carbocycles. The molecule has 1 aromatic heterocycles. The molecule has 0 fully saturated rings. The molecular formula is C11H16O4. The summed E-state index contributed by atoms with van der Waals surface area (Å²) in [5.41, 5.74) is -0.607. The van der Waals surface area contributed by atoms with Crippen LogP contribution in [0.1, 0.15) is 32.3 Å². The van der Waals surface area contributed by atoms with Crippen LogP contribution >= 0.6 is 0 Å². The second kappa shape index (κ2) is 3.61. The van der Waals surface area contributed by atoms with Crippen LogP contribution in [0, 0.1) is 19.3 Å². The minimum absolute atomic E-state index is 0.106. The second-order valence-electron chi connectivity index (χ2n) is 4.53. The van der Waals surface area contributed by atoms with Gasteiger partial charge in [-0.2, -0.15) is 0 Å². The van der Waals surface area contributed by atoms with Gasteiger partial charge >= 0.3 is 5.97 Å². The average Bonchev–Trinajstić information content (AvgIpc) is 2.30. The molecule has 1 aromatic rings. The Labute approximate surface area is 88.8 Å². The van der Waals surface area contributed by atoms with Crippen LogP contribution in [0.5, 0.6) is 11.5 Å². The first-order chi connectivity index (χ1) is 6.73. The zero-order chi connectivity index (χ0) is 11.8. The molecule has 84 valence electrons. The Balaban J connectivity index is 2.95. The Morgan fingerprint density at radius 2 is 1.80 bits per heavy atom. The van der Waals surface area contributed by atoms with Crippen LogP contribution in [-0.4, -0.2) is 11.1 Å². The number of aryl methyl sites for hydroxylation is 2. The van der Waals surface area contributed by atoms with Gasteiger partial charge in [-0.1, -0.05) is 0 Å². The minimum Gasteiger partial charge on any atom is -0.502 e. The van der Waals surface area contributed by atoms with E-state index in [4.69, 9.17) is 9.15 Å². The van der Waals surface area contributed by atoms with Crippen molar-refractivity contribution in [2.75, 3.05) is 0 Å². The third kappa shape index (κ3) is 2.32. The first-order valence-corrected chi connectivity index (χ1v) is 4.74. The van der Waals surface area contributed by atoms with Crippen LogP contribution in [0.25, 0.3) is 0 Å². The zero-order valence-corrected chi connectivity index (χ0v) is 9.67. The van der Waals surface area contributed by atoms with E-state index in [0.29, 0.717) is 11.5 Å². The molecule has 0 atom stereocenters. The molecule has 0 amide bonds. The van der Waals surface area contributed by atoms with E-state index in [1.54, 1.807) is 34.6 Å². The topological polar surface area (TPSA) is 59.7 Å². The largest absolute Gasteiger partial charge is 0.502 e. The quantitative estimate of drug-likeness (QED) is 0.727. The number of furan rings is 1. The molecule has 4 heteroatoms. The number of carbonyl (C=O) groups excluding carboxylic acids is 1. The monoisotopic (exact) mass is 212 g/mol. The number of hydrogen-bond acceptors (Lipinski definition) is 4. The van der Waals surface area contributed by atoms with E-state index < -0.39 is 11.4 Å². The summed E-state index contributed by atoms with van der Waals surface area (Å²) < 4.78 is 10.2. The summed E-state index contributed by atoms with van der Waals surface area (Å²) in [7, 11) is 0. The standard InChI is InChI=1S/C11H16O4/c1-6-8(12)9(7(2)14-6)15-10(13)11(3,4)5/h12H,1-5H3. The van der Waals surface area contributed by atoms with Gasteiger partial charge in [-0.05, 0) is 34.6 Å². The Hall–Kier alpha value is -1.45. The summed E-state index contributed by atoms with van der Waals surface area (Å²) in [5, 5.41) is 9.56. The van der Waals surface area contributed by atoms with Crippen molar-refractivity contribution in [3.05, 3.63) is 11.5 Å². The molecule has 0 bridgehead atoms. The van der Waals surface area contributed by atoms with Gasteiger partial charge in [-0.3, -0.25) is 4.79 Å². The lowest BCUT2D eigenvalue weighted by molar-refractivity contribution is -0.143. The van der Waals surface area contributed by atoms with Gasteiger partial charge in [-0.15, -0.1) is 0 Å². The number of esters is 1. The van der Waals surface area contributed by atoms with E-state index >= 15 is 0 Å². The van der Waals surface area contributed by atoms with Gasteiger partial charge in [0.1, 0.15) is 11.5 Å². The van der Waals surface area contributed by atoms with E-state index in [-0.39, 0.29) is 11.5 Å². The lowest BCUT2D eigenvalue weighted by Gasteiger charge is -2.15. The highest BCUT2D eigenvalue weighted by atomic mass is 16.6. The summed E-state index contributed by atoms with van der Waals surface area (Å²) in [6, 6.07) is 0. The van der Waals surface area contributed by atoms with Gasteiger partial charge in [0, 0.05) is 0 Å². The number of rotatable bonds is 1. The van der Waals surface area contributed by atoms with Gasteiger partial charge in [0.05, 0.1) is 5.41 Å². The molecular weight excluding hydrogens is 196 g/mol. The van der Waals surface area contributed by atoms with E-state index in [1.165, 1.54) is 0 Å². The first kappa shape index (κ1) is 11.6. The Morgan fingerprint density at radius 3 is 2.13 bits per heavy atom. The summed E-state index contributed by atoms with van der Waals surface area (Å²) in [5.74, 6) is 0.367. The molecule has 15 heavy (non-hydrogen) atoms. The molecule has 0 aliphatic rings. The van der Waals surface area contributed by atoms with E-state index in [0.717, 1.165) is 0 Å². The third-order valence-corrected chi connectivity index (χ3v) is 1.98. The molecule has 4 nitrogen and oxygen atoms in total. The van der Waals surface area contributed by atoms with Crippen LogP contribution < -0.4 is 4.74 Å². The number of hydrogen-bond donors (Lipinski definition) is 1. The van der Waals surface area contributed by atoms with Crippen molar-refractivity contribution >= 4 is 5.97 Å². The van der Waals surface area contributed by atoms with E-state index in [2.05, 4.69) is 0 Å². The fourth-order valence-corrected chi connectivity index (χ4v) is 1.02. The van der Waals surface area contributed by atoms with Crippen LogP contribution in [0.2, 0.25) is 0 Å². The number of ether oxygens (including phenoxy) is 1. The third-order valence-electron chi connectivity index (χ3n) is 1.98. The predicted octanol–water partition coefficient (Wildman–Crippen LogP) is 2.55.